The van der Waals surface area contributed by atoms with Crippen molar-refractivity contribution in [2.45, 2.75) is 25.6 Å². The van der Waals surface area contributed by atoms with E-state index in [4.69, 9.17) is 5.73 Å². The maximum absolute atomic E-state index is 12.4. The van der Waals surface area contributed by atoms with Gasteiger partial charge in [-0.25, -0.2) is 4.98 Å². The van der Waals surface area contributed by atoms with Crippen molar-refractivity contribution >= 4 is 5.82 Å². The molecule has 0 aliphatic heterocycles. The number of anilines is 1. The minimum absolute atomic E-state index is 0.0593. The second kappa shape index (κ2) is 5.16. The summed E-state index contributed by atoms with van der Waals surface area (Å²) in [5.41, 5.74) is 4.73. The molecule has 90 valence electrons. The van der Waals surface area contributed by atoms with Crippen LogP contribution in [0.25, 0.3) is 0 Å². The van der Waals surface area contributed by atoms with Gasteiger partial charge in [0.1, 0.15) is 5.82 Å². The molecule has 1 aromatic heterocycles. The van der Waals surface area contributed by atoms with Crippen LogP contribution in [0.1, 0.15) is 18.9 Å². The molecule has 3 N–H and O–H groups in total. The first-order valence-electron chi connectivity index (χ1n) is 4.97. The molecule has 0 amide bonds. The number of nitrogens with two attached hydrogens (primary N) is 1. The number of nitrogens with zero attached hydrogens (tertiary/aromatic N) is 1. The van der Waals surface area contributed by atoms with E-state index < -0.39 is 11.7 Å². The van der Waals surface area contributed by atoms with E-state index >= 15 is 0 Å². The Bertz CT molecular complexity index is 334. The zero-order valence-corrected chi connectivity index (χ0v) is 8.88. The van der Waals surface area contributed by atoms with Gasteiger partial charge in [-0.2, -0.15) is 13.2 Å². The molecule has 0 radical (unpaired) electrons. The van der Waals surface area contributed by atoms with Gasteiger partial charge in [0.05, 0.1) is 5.56 Å². The molecule has 0 saturated carbocycles. The molecule has 16 heavy (non-hydrogen) atoms. The summed E-state index contributed by atoms with van der Waals surface area (Å²) < 4.78 is 37.2. The number of aromatic nitrogens is 1. The highest BCUT2D eigenvalue weighted by Crippen LogP contribution is 2.29. The second-order valence-corrected chi connectivity index (χ2v) is 3.41. The number of pyridine rings is 1. The molecule has 0 aromatic carbocycles. The Hall–Kier alpha value is -1.30. The summed E-state index contributed by atoms with van der Waals surface area (Å²) in [4.78, 5) is 3.82. The lowest BCUT2D eigenvalue weighted by Gasteiger charge is -2.16. The quantitative estimate of drug-likeness (QED) is 0.838. The largest absolute Gasteiger partial charge is 0.416 e. The number of alkyl halides is 3. The van der Waals surface area contributed by atoms with Gasteiger partial charge in [0.15, 0.2) is 0 Å². The molecule has 1 aromatic rings. The van der Waals surface area contributed by atoms with Crippen LogP contribution in [0.3, 0.4) is 0 Å². The van der Waals surface area contributed by atoms with Gasteiger partial charge in [0.25, 0.3) is 0 Å². The average Bonchev–Trinajstić information content (AvgIpc) is 2.25. The van der Waals surface area contributed by atoms with Gasteiger partial charge in [0, 0.05) is 18.8 Å². The molecule has 0 saturated heterocycles. The predicted octanol–water partition coefficient (Wildman–Crippen LogP) is 2.25. The second-order valence-electron chi connectivity index (χ2n) is 3.41. The fraction of sp³-hybridized carbons (Fsp3) is 0.500. The molecule has 0 aliphatic rings. The lowest BCUT2D eigenvalue weighted by Crippen LogP contribution is -2.28. The van der Waals surface area contributed by atoms with Crippen LogP contribution in [-0.4, -0.2) is 17.6 Å². The van der Waals surface area contributed by atoms with Gasteiger partial charge >= 0.3 is 6.18 Å². The van der Waals surface area contributed by atoms with E-state index in [9.17, 15) is 13.2 Å². The van der Waals surface area contributed by atoms with Gasteiger partial charge in [-0.1, -0.05) is 6.92 Å². The number of hydrogen-bond acceptors (Lipinski definition) is 3. The molecule has 6 heteroatoms. The molecule has 0 fully saturated rings. The molecule has 1 unspecified atom stereocenters. The molecule has 0 aliphatic carbocycles. The monoisotopic (exact) mass is 233 g/mol. The van der Waals surface area contributed by atoms with Crippen molar-refractivity contribution in [2.24, 2.45) is 5.73 Å². The van der Waals surface area contributed by atoms with Crippen molar-refractivity contribution in [1.29, 1.82) is 0 Å². The first-order chi connectivity index (χ1) is 7.47. The third-order valence-electron chi connectivity index (χ3n) is 2.22. The first-order valence-corrected chi connectivity index (χ1v) is 4.97. The zero-order chi connectivity index (χ0) is 12.2. The number of rotatable bonds is 4. The summed E-state index contributed by atoms with van der Waals surface area (Å²) in [6.45, 7) is 2.26. The number of nitrogens with one attached hydrogen (secondary N) is 1. The average molecular weight is 233 g/mol. The highest BCUT2D eigenvalue weighted by molar-refractivity contribution is 5.39. The SMILES string of the molecule is CCC(CN)Nc1cc(C(F)(F)F)ccn1. The van der Waals surface area contributed by atoms with Crippen LogP contribution in [0.5, 0.6) is 0 Å². The summed E-state index contributed by atoms with van der Waals surface area (Å²) >= 11 is 0. The standard InChI is InChI=1S/C10H14F3N3/c1-2-8(6-14)16-9-5-7(3-4-15-9)10(11,12)13/h3-5,8H,2,6,14H2,1H3,(H,15,16). The molecule has 1 rings (SSSR count). The van der Waals surface area contributed by atoms with Gasteiger partial charge in [-0.3, -0.25) is 0 Å². The Morgan fingerprint density at radius 3 is 2.69 bits per heavy atom. The minimum Gasteiger partial charge on any atom is -0.366 e. The zero-order valence-electron chi connectivity index (χ0n) is 8.88. The van der Waals surface area contributed by atoms with Crippen LogP contribution in [0.4, 0.5) is 19.0 Å². The van der Waals surface area contributed by atoms with Gasteiger partial charge in [-0.15, -0.1) is 0 Å². The molecule has 1 atom stereocenters. The fourth-order valence-corrected chi connectivity index (χ4v) is 1.22. The van der Waals surface area contributed by atoms with E-state index in [0.29, 0.717) is 6.54 Å². The van der Waals surface area contributed by atoms with Crippen molar-refractivity contribution < 1.29 is 13.2 Å². The van der Waals surface area contributed by atoms with Crippen LogP contribution in [0, 0.1) is 0 Å². The fourth-order valence-electron chi connectivity index (χ4n) is 1.22. The molecule has 0 spiro atoms. The highest BCUT2D eigenvalue weighted by atomic mass is 19.4. The first kappa shape index (κ1) is 12.8. The third kappa shape index (κ3) is 3.37. The number of halogens is 3. The van der Waals surface area contributed by atoms with Gasteiger partial charge < -0.3 is 11.1 Å². The molecule has 3 nitrogen and oxygen atoms in total. The number of hydrogen-bond donors (Lipinski definition) is 2. The Labute approximate surface area is 91.9 Å². The predicted molar refractivity (Wildman–Crippen MR) is 56.0 cm³/mol. The smallest absolute Gasteiger partial charge is 0.366 e. The van der Waals surface area contributed by atoms with E-state index in [-0.39, 0.29) is 11.9 Å². The van der Waals surface area contributed by atoms with Crippen LogP contribution in [0.2, 0.25) is 0 Å². The van der Waals surface area contributed by atoms with E-state index in [0.717, 1.165) is 24.8 Å². The third-order valence-corrected chi connectivity index (χ3v) is 2.22. The summed E-state index contributed by atoms with van der Waals surface area (Å²) in [6.07, 6.45) is -2.48. The topological polar surface area (TPSA) is 50.9 Å². The summed E-state index contributed by atoms with van der Waals surface area (Å²) in [6, 6.07) is 1.86. The van der Waals surface area contributed by atoms with E-state index in [1.807, 2.05) is 6.92 Å². The van der Waals surface area contributed by atoms with Crippen LogP contribution < -0.4 is 11.1 Å². The van der Waals surface area contributed by atoms with E-state index in [1.54, 1.807) is 0 Å². The van der Waals surface area contributed by atoms with Crippen molar-refractivity contribution in [3.8, 4) is 0 Å². The van der Waals surface area contributed by atoms with Crippen LogP contribution in [0.15, 0.2) is 18.3 Å². The Morgan fingerprint density at radius 2 is 2.19 bits per heavy atom. The summed E-state index contributed by atoms with van der Waals surface area (Å²) in [5.74, 6) is 0.201. The molecule has 0 bridgehead atoms. The molecule has 1 heterocycles. The summed E-state index contributed by atoms with van der Waals surface area (Å²) in [5, 5.41) is 2.85. The minimum atomic E-state index is -4.34. The maximum Gasteiger partial charge on any atom is 0.416 e. The van der Waals surface area contributed by atoms with E-state index in [1.165, 1.54) is 0 Å². The van der Waals surface area contributed by atoms with Crippen LogP contribution in [-0.2, 0) is 6.18 Å². The summed E-state index contributed by atoms with van der Waals surface area (Å²) in [7, 11) is 0. The Balaban J connectivity index is 2.82. The van der Waals surface area contributed by atoms with Crippen molar-refractivity contribution in [3.05, 3.63) is 23.9 Å². The van der Waals surface area contributed by atoms with Gasteiger partial charge in [0.2, 0.25) is 0 Å². The molecular formula is C10H14F3N3. The van der Waals surface area contributed by atoms with Gasteiger partial charge in [-0.05, 0) is 18.6 Å². The van der Waals surface area contributed by atoms with Crippen LogP contribution >= 0.6 is 0 Å². The lowest BCUT2D eigenvalue weighted by atomic mass is 10.2. The normalized spacial score (nSPS) is 13.6. The Kier molecular flexibility index (Phi) is 4.12. The van der Waals surface area contributed by atoms with Crippen molar-refractivity contribution in [1.82, 2.24) is 4.98 Å². The van der Waals surface area contributed by atoms with Crippen molar-refractivity contribution in [2.75, 3.05) is 11.9 Å². The van der Waals surface area contributed by atoms with Crippen molar-refractivity contribution in [3.63, 3.8) is 0 Å². The maximum atomic E-state index is 12.4. The molecular weight excluding hydrogens is 219 g/mol. The van der Waals surface area contributed by atoms with E-state index in [2.05, 4.69) is 10.3 Å². The Morgan fingerprint density at radius 1 is 1.50 bits per heavy atom. The highest BCUT2D eigenvalue weighted by Gasteiger charge is 2.30. The lowest BCUT2D eigenvalue weighted by molar-refractivity contribution is -0.137.